The number of phenolic OH excluding ortho intramolecular Hbond substituents is 1. The quantitative estimate of drug-likeness (QED) is 0.789. The van der Waals surface area contributed by atoms with E-state index >= 15 is 0 Å². The van der Waals surface area contributed by atoms with Crippen LogP contribution in [0.2, 0.25) is 0 Å². The average Bonchev–Trinajstić information content (AvgIpc) is 2.70. The largest absolute Gasteiger partial charge is 0.508 e. The molecule has 0 radical (unpaired) electrons. The number of hydrogen-bond acceptors (Lipinski definition) is 5. The predicted octanol–water partition coefficient (Wildman–Crippen LogP) is 3.23. The smallest absolute Gasteiger partial charge is 0.121 e. The molecule has 3 aromatic rings. The molecule has 1 aliphatic rings. The highest BCUT2D eigenvalue weighted by molar-refractivity contribution is 5.81. The summed E-state index contributed by atoms with van der Waals surface area (Å²) in [7, 11) is 0. The molecule has 5 heteroatoms. The van der Waals surface area contributed by atoms with Crippen LogP contribution >= 0.6 is 0 Å². The van der Waals surface area contributed by atoms with Gasteiger partial charge in [0.1, 0.15) is 5.75 Å². The Morgan fingerprint density at radius 3 is 2.62 bits per heavy atom. The molecule has 0 bridgehead atoms. The van der Waals surface area contributed by atoms with Gasteiger partial charge in [0.15, 0.2) is 0 Å². The second kappa shape index (κ2) is 7.12. The van der Waals surface area contributed by atoms with E-state index in [4.69, 9.17) is 10.00 Å². The van der Waals surface area contributed by atoms with E-state index in [1.54, 1.807) is 12.3 Å². The van der Waals surface area contributed by atoms with E-state index < -0.39 is 0 Å². The summed E-state index contributed by atoms with van der Waals surface area (Å²) in [6.45, 7) is 2.90. The highest BCUT2D eigenvalue weighted by Gasteiger charge is 2.27. The van der Waals surface area contributed by atoms with Crippen molar-refractivity contribution in [3.8, 4) is 11.8 Å². The Kier molecular flexibility index (Phi) is 4.53. The van der Waals surface area contributed by atoms with E-state index in [2.05, 4.69) is 16.0 Å². The van der Waals surface area contributed by atoms with Crippen molar-refractivity contribution >= 4 is 10.9 Å². The normalized spacial score (nSPS) is 16.3. The number of benzene rings is 2. The number of nitriles is 1. The summed E-state index contributed by atoms with van der Waals surface area (Å²) in [5, 5.41) is 20.7. The highest BCUT2D eigenvalue weighted by Crippen LogP contribution is 2.37. The molecule has 0 saturated carbocycles. The van der Waals surface area contributed by atoms with Gasteiger partial charge in [-0.05, 0) is 35.9 Å². The Morgan fingerprint density at radius 1 is 1.12 bits per heavy atom. The van der Waals surface area contributed by atoms with Gasteiger partial charge in [0.2, 0.25) is 0 Å². The van der Waals surface area contributed by atoms with E-state index in [1.807, 2.05) is 42.5 Å². The van der Waals surface area contributed by atoms with Gasteiger partial charge < -0.3 is 9.84 Å². The summed E-state index contributed by atoms with van der Waals surface area (Å²) in [5.41, 5.74) is 3.34. The lowest BCUT2D eigenvalue weighted by Crippen LogP contribution is -2.39. The third-order valence-electron chi connectivity index (χ3n) is 4.81. The summed E-state index contributed by atoms with van der Waals surface area (Å²) < 4.78 is 5.50. The molecule has 0 aliphatic carbocycles. The Hall–Kier alpha value is -2.94. The number of pyridine rings is 1. The molecule has 5 nitrogen and oxygen atoms in total. The molecule has 1 aromatic heterocycles. The van der Waals surface area contributed by atoms with Gasteiger partial charge in [-0.3, -0.25) is 9.88 Å². The highest BCUT2D eigenvalue weighted by atomic mass is 16.5. The molecule has 1 saturated heterocycles. The second-order valence-electron chi connectivity index (χ2n) is 6.39. The number of nitrogens with zero attached hydrogens (tertiary/aromatic N) is 3. The number of fused-ring (bicyclic) bond motifs is 1. The zero-order valence-electron chi connectivity index (χ0n) is 14.3. The zero-order chi connectivity index (χ0) is 17.9. The summed E-state index contributed by atoms with van der Waals surface area (Å²) in [5.74, 6) is 0.256. The summed E-state index contributed by atoms with van der Waals surface area (Å²) in [6.07, 6.45) is 1.76. The van der Waals surface area contributed by atoms with E-state index in [9.17, 15) is 5.11 Å². The minimum atomic E-state index is -0.113. The first kappa shape index (κ1) is 16.5. The van der Waals surface area contributed by atoms with Crippen molar-refractivity contribution in [2.24, 2.45) is 0 Å². The SMILES string of the molecule is N#Cc1ccc(C(c2cc3ncccc3cc2O)N2CCOCC2)cc1. The molecule has 130 valence electrons. The van der Waals surface area contributed by atoms with Crippen LogP contribution in [0.15, 0.2) is 54.7 Å². The molecule has 1 fully saturated rings. The Bertz CT molecular complexity index is 957. The van der Waals surface area contributed by atoms with Gasteiger partial charge in [0, 0.05) is 30.2 Å². The zero-order valence-corrected chi connectivity index (χ0v) is 14.3. The molecule has 0 spiro atoms. The number of hydrogen-bond donors (Lipinski definition) is 1. The van der Waals surface area contributed by atoms with Crippen molar-refractivity contribution in [1.82, 2.24) is 9.88 Å². The van der Waals surface area contributed by atoms with E-state index in [0.29, 0.717) is 18.8 Å². The predicted molar refractivity (Wildman–Crippen MR) is 98.8 cm³/mol. The minimum Gasteiger partial charge on any atom is -0.508 e. The molecule has 1 atom stereocenters. The van der Waals surface area contributed by atoms with Crippen molar-refractivity contribution < 1.29 is 9.84 Å². The number of morpholine rings is 1. The van der Waals surface area contributed by atoms with Gasteiger partial charge >= 0.3 is 0 Å². The van der Waals surface area contributed by atoms with Crippen molar-refractivity contribution in [2.75, 3.05) is 26.3 Å². The summed E-state index contributed by atoms with van der Waals surface area (Å²) in [4.78, 5) is 6.73. The summed E-state index contributed by atoms with van der Waals surface area (Å²) in [6, 6.07) is 17.1. The van der Waals surface area contributed by atoms with Crippen LogP contribution in [0, 0.1) is 11.3 Å². The molecule has 1 unspecified atom stereocenters. The van der Waals surface area contributed by atoms with Crippen LogP contribution in [0.25, 0.3) is 10.9 Å². The molecule has 1 aliphatic heterocycles. The van der Waals surface area contributed by atoms with Crippen molar-refractivity contribution in [2.45, 2.75) is 6.04 Å². The fraction of sp³-hybridized carbons (Fsp3) is 0.238. The molecule has 0 amide bonds. The van der Waals surface area contributed by atoms with E-state index in [0.717, 1.165) is 35.1 Å². The number of ether oxygens (including phenoxy) is 1. The molecule has 4 rings (SSSR count). The van der Waals surface area contributed by atoms with Gasteiger partial charge in [0.05, 0.1) is 36.4 Å². The van der Waals surface area contributed by atoms with Crippen LogP contribution in [0.1, 0.15) is 22.7 Å². The lowest BCUT2D eigenvalue weighted by atomic mass is 9.94. The third kappa shape index (κ3) is 3.13. The van der Waals surface area contributed by atoms with Crippen LogP contribution < -0.4 is 0 Å². The lowest BCUT2D eigenvalue weighted by molar-refractivity contribution is 0.0236. The Labute approximate surface area is 152 Å². The first-order chi connectivity index (χ1) is 12.8. The van der Waals surface area contributed by atoms with E-state index in [1.165, 1.54) is 0 Å². The van der Waals surface area contributed by atoms with Crippen LogP contribution in [0.4, 0.5) is 0 Å². The number of phenols is 1. The maximum atomic E-state index is 10.7. The molecular formula is C21H19N3O2. The van der Waals surface area contributed by atoms with Gasteiger partial charge in [-0.1, -0.05) is 18.2 Å². The van der Waals surface area contributed by atoms with Crippen LogP contribution in [0.3, 0.4) is 0 Å². The Morgan fingerprint density at radius 2 is 1.88 bits per heavy atom. The van der Waals surface area contributed by atoms with Gasteiger partial charge in [-0.2, -0.15) is 5.26 Å². The first-order valence-corrected chi connectivity index (χ1v) is 8.66. The Balaban J connectivity index is 1.84. The van der Waals surface area contributed by atoms with Crippen molar-refractivity contribution in [3.63, 3.8) is 0 Å². The van der Waals surface area contributed by atoms with Gasteiger partial charge in [-0.15, -0.1) is 0 Å². The molecular weight excluding hydrogens is 326 g/mol. The fourth-order valence-corrected chi connectivity index (χ4v) is 3.51. The van der Waals surface area contributed by atoms with Crippen molar-refractivity contribution in [3.05, 3.63) is 71.4 Å². The maximum Gasteiger partial charge on any atom is 0.121 e. The maximum absolute atomic E-state index is 10.7. The number of aromatic hydroxyl groups is 1. The lowest BCUT2D eigenvalue weighted by Gasteiger charge is -2.35. The van der Waals surface area contributed by atoms with E-state index in [-0.39, 0.29) is 11.8 Å². The van der Waals surface area contributed by atoms with Gasteiger partial charge in [-0.25, -0.2) is 0 Å². The molecule has 26 heavy (non-hydrogen) atoms. The van der Waals surface area contributed by atoms with Crippen LogP contribution in [0.5, 0.6) is 5.75 Å². The van der Waals surface area contributed by atoms with Crippen LogP contribution in [-0.2, 0) is 4.74 Å². The number of rotatable bonds is 3. The summed E-state index contributed by atoms with van der Waals surface area (Å²) >= 11 is 0. The topological polar surface area (TPSA) is 69.4 Å². The van der Waals surface area contributed by atoms with Gasteiger partial charge in [0.25, 0.3) is 0 Å². The number of aromatic nitrogens is 1. The minimum absolute atomic E-state index is 0.113. The molecule has 1 N–H and O–H groups in total. The van der Waals surface area contributed by atoms with Crippen LogP contribution in [-0.4, -0.2) is 41.3 Å². The second-order valence-corrected chi connectivity index (χ2v) is 6.39. The molecule has 2 aromatic carbocycles. The third-order valence-corrected chi connectivity index (χ3v) is 4.81. The fourth-order valence-electron chi connectivity index (χ4n) is 3.51. The standard InChI is InChI=1S/C21H19N3O2/c22-14-15-3-5-16(6-4-15)21(24-8-10-26-11-9-24)18-13-19-17(12-20(18)25)2-1-7-23-19/h1-7,12-13,21,25H,8-11H2. The van der Waals surface area contributed by atoms with Crippen molar-refractivity contribution in [1.29, 1.82) is 5.26 Å². The average molecular weight is 345 g/mol. The molecule has 2 heterocycles. The monoisotopic (exact) mass is 345 g/mol. The first-order valence-electron chi connectivity index (χ1n) is 8.66.